The lowest BCUT2D eigenvalue weighted by atomic mass is 9.43. The molecule has 0 amide bonds. The molecule has 2 nitrogen and oxygen atoms in total. The summed E-state index contributed by atoms with van der Waals surface area (Å²) in [6.45, 7) is 16.7. The fraction of sp³-hybridized carbons (Fsp3) is 0.194. The van der Waals surface area contributed by atoms with Crippen molar-refractivity contribution >= 4 is 66.9 Å². The average Bonchev–Trinajstić information content (AvgIpc) is 3.72. The van der Waals surface area contributed by atoms with Crippen molar-refractivity contribution in [3.05, 3.63) is 199 Å². The van der Waals surface area contributed by atoms with Gasteiger partial charge in [0.25, 0.3) is 0 Å². The number of thiophene rings is 1. The molecule has 66 heavy (non-hydrogen) atoms. The molecule has 3 heterocycles. The first kappa shape index (κ1) is 40.9. The Morgan fingerprint density at radius 1 is 0.470 bits per heavy atom. The van der Waals surface area contributed by atoms with Crippen molar-refractivity contribution < 1.29 is 0 Å². The van der Waals surface area contributed by atoms with E-state index in [4.69, 9.17) is 0 Å². The van der Waals surface area contributed by atoms with E-state index in [1.165, 1.54) is 116 Å². The van der Waals surface area contributed by atoms with Gasteiger partial charge in [-0.25, -0.2) is 0 Å². The van der Waals surface area contributed by atoms with E-state index in [0.29, 0.717) is 0 Å². The highest BCUT2D eigenvalue weighted by Gasteiger charge is 2.48. The van der Waals surface area contributed by atoms with E-state index in [2.05, 4.69) is 240 Å². The Labute approximate surface area is 395 Å². The monoisotopic (exact) mass is 870 g/mol. The van der Waals surface area contributed by atoms with Crippen LogP contribution < -0.4 is 20.6 Å². The third-order valence-electron chi connectivity index (χ3n) is 15.1. The number of hydrogen-bond donors (Lipinski definition) is 0. The maximum absolute atomic E-state index is 2.73. The van der Waals surface area contributed by atoms with Crippen LogP contribution in [0.3, 0.4) is 0 Å². The van der Waals surface area contributed by atoms with Gasteiger partial charge < -0.3 is 9.71 Å². The van der Waals surface area contributed by atoms with Gasteiger partial charge in [-0.05, 0) is 150 Å². The predicted molar refractivity (Wildman–Crippen MR) is 286 cm³/mol. The van der Waals surface area contributed by atoms with Crippen LogP contribution in [0.5, 0.6) is 0 Å². The summed E-state index contributed by atoms with van der Waals surface area (Å²) in [7, 11) is 0. The van der Waals surface area contributed by atoms with Gasteiger partial charge in [0.1, 0.15) is 0 Å². The van der Waals surface area contributed by atoms with Crippen LogP contribution in [0.1, 0.15) is 78.0 Å². The molecule has 0 N–H and O–H groups in total. The van der Waals surface area contributed by atoms with Gasteiger partial charge in [-0.1, -0.05) is 176 Å². The summed E-state index contributed by atoms with van der Waals surface area (Å²) in [5.41, 5.74) is 21.9. The Kier molecular flexibility index (Phi) is 9.26. The van der Waals surface area contributed by atoms with E-state index in [1.54, 1.807) is 0 Å². The summed E-state index contributed by atoms with van der Waals surface area (Å²) in [6.07, 6.45) is 2.35. The van der Waals surface area contributed by atoms with Gasteiger partial charge in [-0.3, -0.25) is 0 Å². The number of hydrogen-bond acceptors (Lipinski definition) is 3. The molecular weight excluding hydrogens is 816 g/mol. The van der Waals surface area contributed by atoms with E-state index in [1.807, 2.05) is 11.3 Å². The lowest BCUT2D eigenvalue weighted by Gasteiger charge is -2.46. The van der Waals surface area contributed by atoms with Gasteiger partial charge in [0.05, 0.1) is 10.7 Å². The van der Waals surface area contributed by atoms with Crippen molar-refractivity contribution in [2.24, 2.45) is 0 Å². The number of benzene rings is 8. The van der Waals surface area contributed by atoms with Gasteiger partial charge in [-0.15, -0.1) is 11.3 Å². The Hall–Kier alpha value is -6.62. The predicted octanol–water partition coefficient (Wildman–Crippen LogP) is 16.3. The topological polar surface area (TPSA) is 6.48 Å². The number of rotatable bonds is 5. The van der Waals surface area contributed by atoms with Crippen LogP contribution in [0, 0.1) is 0 Å². The standard InChI is InChI=1S/C62H55BN2S/c1-60(2,3)45-28-32-53(48(38-45)42-23-15-10-16-24-42)64-55-37-44(41-21-13-9-14-22-41)36-50-49-35-43(40-19-11-8-12-20-40)27-31-54(49)65(46-29-30-51-52(39-46)62(6,7)34-33-61(51,4)5)63(57(50)55)58-47-25-17-18-26-56(47)66-59(58)64/h8-32,35-39H,33-34H2,1-7H3. The first-order valence-electron chi connectivity index (χ1n) is 23.7. The second kappa shape index (κ2) is 15.0. The third-order valence-corrected chi connectivity index (χ3v) is 16.3. The van der Waals surface area contributed by atoms with E-state index < -0.39 is 0 Å². The Morgan fingerprint density at radius 2 is 1.08 bits per heavy atom. The molecule has 1 aliphatic carbocycles. The molecule has 0 atom stereocenters. The minimum Gasteiger partial charge on any atom is -0.376 e. The van der Waals surface area contributed by atoms with Gasteiger partial charge >= 0.3 is 6.85 Å². The smallest absolute Gasteiger partial charge is 0.334 e. The zero-order chi connectivity index (χ0) is 45.1. The molecule has 4 heteroatoms. The molecule has 0 bridgehead atoms. The fourth-order valence-corrected chi connectivity index (χ4v) is 12.6. The molecule has 9 aromatic rings. The van der Waals surface area contributed by atoms with Crippen LogP contribution in [-0.2, 0) is 16.2 Å². The molecule has 3 aliphatic rings. The minimum atomic E-state index is -0.0934. The molecular formula is C62H55BN2S. The second-order valence-corrected chi connectivity index (χ2v) is 22.2. The second-order valence-electron chi connectivity index (χ2n) is 21.2. The maximum Gasteiger partial charge on any atom is 0.334 e. The highest BCUT2D eigenvalue weighted by Crippen LogP contribution is 2.54. The Balaban J connectivity index is 1.22. The lowest BCUT2D eigenvalue weighted by Crippen LogP contribution is -2.61. The van der Waals surface area contributed by atoms with Crippen LogP contribution in [0.25, 0.3) is 54.6 Å². The molecule has 0 fully saturated rings. The summed E-state index contributed by atoms with van der Waals surface area (Å²) in [5, 5.41) is 2.59. The molecule has 0 radical (unpaired) electrons. The van der Waals surface area contributed by atoms with Crippen molar-refractivity contribution in [3.8, 4) is 44.5 Å². The van der Waals surface area contributed by atoms with Crippen LogP contribution in [0.15, 0.2) is 182 Å². The Morgan fingerprint density at radius 3 is 1.77 bits per heavy atom. The zero-order valence-electron chi connectivity index (χ0n) is 39.1. The quantitative estimate of drug-likeness (QED) is 0.159. The molecule has 2 aliphatic heterocycles. The van der Waals surface area contributed by atoms with Gasteiger partial charge in [0.15, 0.2) is 0 Å². The van der Waals surface area contributed by atoms with Gasteiger partial charge in [-0.2, -0.15) is 0 Å². The summed E-state index contributed by atoms with van der Waals surface area (Å²) in [6, 6.07) is 69.1. The highest BCUT2D eigenvalue weighted by molar-refractivity contribution is 7.26. The molecule has 0 saturated carbocycles. The van der Waals surface area contributed by atoms with Gasteiger partial charge in [0.2, 0.25) is 0 Å². The van der Waals surface area contributed by atoms with E-state index >= 15 is 0 Å². The van der Waals surface area contributed by atoms with Crippen molar-refractivity contribution in [3.63, 3.8) is 0 Å². The fourth-order valence-electron chi connectivity index (χ4n) is 11.3. The van der Waals surface area contributed by atoms with Crippen molar-refractivity contribution in [1.29, 1.82) is 0 Å². The molecule has 0 spiro atoms. The van der Waals surface area contributed by atoms with Crippen molar-refractivity contribution in [1.82, 2.24) is 0 Å². The van der Waals surface area contributed by atoms with Crippen molar-refractivity contribution in [2.75, 3.05) is 9.71 Å². The first-order valence-corrected chi connectivity index (χ1v) is 24.6. The average molecular weight is 871 g/mol. The molecule has 0 saturated heterocycles. The normalized spacial score (nSPS) is 15.5. The molecule has 12 rings (SSSR count). The molecule has 8 aromatic carbocycles. The van der Waals surface area contributed by atoms with Gasteiger partial charge in [0, 0.05) is 32.9 Å². The number of nitrogens with zero attached hydrogens (tertiary/aromatic N) is 2. The third kappa shape index (κ3) is 6.43. The van der Waals surface area contributed by atoms with Crippen LogP contribution in [-0.4, -0.2) is 6.85 Å². The number of fused-ring (bicyclic) bond motifs is 7. The lowest BCUT2D eigenvalue weighted by molar-refractivity contribution is 0.332. The zero-order valence-corrected chi connectivity index (χ0v) is 39.9. The van der Waals surface area contributed by atoms with Crippen LogP contribution in [0.2, 0.25) is 0 Å². The summed E-state index contributed by atoms with van der Waals surface area (Å²) in [5.74, 6) is 0. The van der Waals surface area contributed by atoms with E-state index in [9.17, 15) is 0 Å². The number of anilines is 5. The maximum atomic E-state index is 2.73. The first-order chi connectivity index (χ1) is 31.9. The van der Waals surface area contributed by atoms with Crippen molar-refractivity contribution in [2.45, 2.75) is 77.6 Å². The largest absolute Gasteiger partial charge is 0.376 e. The molecule has 0 unspecified atom stereocenters. The Bertz CT molecular complexity index is 3360. The highest BCUT2D eigenvalue weighted by atomic mass is 32.1. The summed E-state index contributed by atoms with van der Waals surface area (Å²) >= 11 is 1.93. The SMILES string of the molecule is CC(C)(C)c1ccc(N2c3cc(-c4ccccc4)cc4c3B(c3c2sc2ccccc32)N(c2ccc3c(c2)C(C)(C)CCC3(C)C)c2ccc(-c3ccccc3)cc2-4)c(-c2ccccc2)c1. The molecule has 1 aromatic heterocycles. The van der Waals surface area contributed by atoms with Crippen LogP contribution >= 0.6 is 11.3 Å². The van der Waals surface area contributed by atoms with E-state index in [0.717, 1.165) is 6.42 Å². The summed E-state index contributed by atoms with van der Waals surface area (Å²) in [4.78, 5) is 5.38. The van der Waals surface area contributed by atoms with E-state index in [-0.39, 0.29) is 23.1 Å². The molecule has 322 valence electrons. The van der Waals surface area contributed by atoms with Crippen LogP contribution in [0.4, 0.5) is 27.8 Å². The summed E-state index contributed by atoms with van der Waals surface area (Å²) < 4.78 is 1.30. The minimum absolute atomic E-state index is 0.0243.